The van der Waals surface area contributed by atoms with Crippen LogP contribution in [0.5, 0.6) is 0 Å². The average molecular weight is 267 g/mol. The van der Waals surface area contributed by atoms with Gasteiger partial charge in [0.2, 0.25) is 0 Å². The molecule has 0 aliphatic carbocycles. The maximum atomic E-state index is 9.70. The number of hydrogen-bond donors (Lipinski definition) is 2. The van der Waals surface area contributed by atoms with E-state index in [0.717, 1.165) is 0 Å². The largest absolute Gasteiger partial charge is 0.465 e. The molecule has 0 bridgehead atoms. The number of aryl methyl sites for hydroxylation is 2. The van der Waals surface area contributed by atoms with Crippen molar-refractivity contribution in [2.75, 3.05) is 0 Å². The molecule has 2 N–H and O–H groups in total. The summed E-state index contributed by atoms with van der Waals surface area (Å²) >= 11 is 0. The van der Waals surface area contributed by atoms with Crippen molar-refractivity contribution in [3.05, 3.63) is 35.4 Å². The van der Waals surface area contributed by atoms with E-state index in [-0.39, 0.29) is 6.04 Å². The first-order valence-electron chi connectivity index (χ1n) is 7.01. The van der Waals surface area contributed by atoms with Crippen molar-refractivity contribution in [2.45, 2.75) is 60.4 Å². The number of rotatable bonds is 3. The highest BCUT2D eigenvalue weighted by Gasteiger charge is 1.94. The standard InChI is InChI=1S/C10H14.C4H9NO2.C2H6/c1-3-6-10-8-5-4-7-9(10)2;1-3(2)5-4(6)7;1-2/h4-5,7-8H,3,6H2,1-2H3;3,5H,1-2H3,(H,6,7);1-2H3. The quantitative estimate of drug-likeness (QED) is 0.838. The van der Waals surface area contributed by atoms with Crippen LogP contribution in [0.15, 0.2) is 24.3 Å². The smallest absolute Gasteiger partial charge is 0.404 e. The van der Waals surface area contributed by atoms with Gasteiger partial charge in [-0.3, -0.25) is 0 Å². The molecule has 0 aliphatic heterocycles. The molecular weight excluding hydrogens is 238 g/mol. The topological polar surface area (TPSA) is 49.3 Å². The van der Waals surface area contributed by atoms with Crippen LogP contribution in [-0.2, 0) is 6.42 Å². The zero-order valence-electron chi connectivity index (χ0n) is 13.2. The Morgan fingerprint density at radius 2 is 1.79 bits per heavy atom. The molecule has 0 unspecified atom stereocenters. The molecule has 1 rings (SSSR count). The second-order valence-electron chi connectivity index (χ2n) is 4.28. The van der Waals surface area contributed by atoms with Gasteiger partial charge in [0.1, 0.15) is 0 Å². The van der Waals surface area contributed by atoms with Gasteiger partial charge in [-0.15, -0.1) is 0 Å². The van der Waals surface area contributed by atoms with Crippen LogP contribution in [0, 0.1) is 6.92 Å². The number of carbonyl (C=O) groups is 1. The van der Waals surface area contributed by atoms with Gasteiger partial charge in [-0.2, -0.15) is 0 Å². The first-order valence-corrected chi connectivity index (χ1v) is 7.01. The monoisotopic (exact) mass is 267 g/mol. The van der Waals surface area contributed by atoms with E-state index in [1.165, 1.54) is 24.0 Å². The van der Waals surface area contributed by atoms with Crippen LogP contribution < -0.4 is 5.32 Å². The van der Waals surface area contributed by atoms with Gasteiger partial charge in [-0.25, -0.2) is 4.79 Å². The van der Waals surface area contributed by atoms with Gasteiger partial charge >= 0.3 is 6.09 Å². The minimum atomic E-state index is -0.963. The third kappa shape index (κ3) is 12.7. The van der Waals surface area contributed by atoms with E-state index in [1.807, 2.05) is 13.8 Å². The van der Waals surface area contributed by atoms with Crippen molar-refractivity contribution >= 4 is 6.09 Å². The molecule has 19 heavy (non-hydrogen) atoms. The Kier molecular flexibility index (Phi) is 13.5. The zero-order valence-corrected chi connectivity index (χ0v) is 13.2. The molecule has 3 heteroatoms. The lowest BCUT2D eigenvalue weighted by Crippen LogP contribution is -2.27. The summed E-state index contributed by atoms with van der Waals surface area (Å²) in [5, 5.41) is 10.2. The first kappa shape index (κ1) is 19.8. The molecule has 1 aromatic rings. The Bertz CT molecular complexity index is 335. The van der Waals surface area contributed by atoms with Gasteiger partial charge in [0.25, 0.3) is 0 Å². The molecule has 110 valence electrons. The third-order valence-corrected chi connectivity index (χ3v) is 2.19. The van der Waals surface area contributed by atoms with Gasteiger partial charge < -0.3 is 10.4 Å². The maximum Gasteiger partial charge on any atom is 0.404 e. The Morgan fingerprint density at radius 1 is 1.26 bits per heavy atom. The summed E-state index contributed by atoms with van der Waals surface area (Å²) in [6.07, 6.45) is 1.49. The molecule has 0 heterocycles. The molecule has 1 amide bonds. The van der Waals surface area contributed by atoms with Crippen molar-refractivity contribution in [3.8, 4) is 0 Å². The summed E-state index contributed by atoms with van der Waals surface area (Å²) in [5.41, 5.74) is 2.91. The fourth-order valence-electron chi connectivity index (χ4n) is 1.41. The van der Waals surface area contributed by atoms with Gasteiger partial charge in [-0.05, 0) is 38.3 Å². The summed E-state index contributed by atoms with van der Waals surface area (Å²) < 4.78 is 0. The summed E-state index contributed by atoms with van der Waals surface area (Å²) in [4.78, 5) is 9.70. The lowest BCUT2D eigenvalue weighted by Gasteiger charge is -2.01. The molecule has 0 atom stereocenters. The van der Waals surface area contributed by atoms with Crippen LogP contribution in [0.1, 0.15) is 52.2 Å². The van der Waals surface area contributed by atoms with E-state index in [4.69, 9.17) is 5.11 Å². The minimum absolute atomic E-state index is 0.0255. The Balaban J connectivity index is 0. The number of nitrogens with one attached hydrogen (secondary N) is 1. The predicted molar refractivity (Wildman–Crippen MR) is 82.8 cm³/mol. The van der Waals surface area contributed by atoms with E-state index in [2.05, 4.69) is 43.4 Å². The van der Waals surface area contributed by atoms with Gasteiger partial charge in [-0.1, -0.05) is 51.5 Å². The number of amides is 1. The van der Waals surface area contributed by atoms with E-state index >= 15 is 0 Å². The van der Waals surface area contributed by atoms with Gasteiger partial charge in [0, 0.05) is 6.04 Å². The lowest BCUT2D eigenvalue weighted by atomic mass is 10.1. The van der Waals surface area contributed by atoms with Gasteiger partial charge in [0.05, 0.1) is 0 Å². The molecule has 0 aliphatic rings. The van der Waals surface area contributed by atoms with Crippen LogP contribution in [0.2, 0.25) is 0 Å². The molecule has 3 nitrogen and oxygen atoms in total. The molecule has 0 saturated carbocycles. The number of benzene rings is 1. The fraction of sp³-hybridized carbons (Fsp3) is 0.562. The van der Waals surface area contributed by atoms with Crippen molar-refractivity contribution in [2.24, 2.45) is 0 Å². The van der Waals surface area contributed by atoms with Crippen molar-refractivity contribution < 1.29 is 9.90 Å². The summed E-state index contributed by atoms with van der Waals surface area (Å²) in [5.74, 6) is 0. The molecule has 0 aromatic heterocycles. The molecule has 0 spiro atoms. The Hall–Kier alpha value is -1.51. The predicted octanol–water partition coefficient (Wildman–Crippen LogP) is 4.64. The maximum absolute atomic E-state index is 9.70. The summed E-state index contributed by atoms with van der Waals surface area (Å²) in [6.45, 7) is 11.9. The Labute approximate surface area is 118 Å². The van der Waals surface area contributed by atoms with Crippen LogP contribution in [0.3, 0.4) is 0 Å². The molecule has 1 aromatic carbocycles. The van der Waals surface area contributed by atoms with Crippen LogP contribution in [0.25, 0.3) is 0 Å². The summed E-state index contributed by atoms with van der Waals surface area (Å²) in [7, 11) is 0. The van der Waals surface area contributed by atoms with Crippen molar-refractivity contribution in [3.63, 3.8) is 0 Å². The van der Waals surface area contributed by atoms with Crippen LogP contribution in [-0.4, -0.2) is 17.2 Å². The van der Waals surface area contributed by atoms with Crippen LogP contribution in [0.4, 0.5) is 4.79 Å². The van der Waals surface area contributed by atoms with E-state index in [1.54, 1.807) is 13.8 Å². The first-order chi connectivity index (χ1) is 8.97. The minimum Gasteiger partial charge on any atom is -0.465 e. The lowest BCUT2D eigenvalue weighted by molar-refractivity contribution is 0.191. The Morgan fingerprint density at radius 3 is 2.11 bits per heavy atom. The van der Waals surface area contributed by atoms with E-state index < -0.39 is 6.09 Å². The highest BCUT2D eigenvalue weighted by Crippen LogP contribution is 2.08. The fourth-order valence-corrected chi connectivity index (χ4v) is 1.41. The SMILES string of the molecule is CC.CC(C)NC(=O)O.CCCc1ccccc1C. The van der Waals surface area contributed by atoms with Gasteiger partial charge in [0.15, 0.2) is 0 Å². The highest BCUT2D eigenvalue weighted by molar-refractivity contribution is 5.64. The zero-order chi connectivity index (χ0) is 15.3. The van der Waals surface area contributed by atoms with Crippen molar-refractivity contribution in [1.82, 2.24) is 5.32 Å². The molecular formula is C16H29NO2. The normalized spacial score (nSPS) is 8.79. The molecule has 0 saturated heterocycles. The molecule has 0 radical (unpaired) electrons. The van der Waals surface area contributed by atoms with E-state index in [9.17, 15) is 4.79 Å². The van der Waals surface area contributed by atoms with E-state index in [0.29, 0.717) is 0 Å². The van der Waals surface area contributed by atoms with Crippen molar-refractivity contribution in [1.29, 1.82) is 0 Å². The number of carboxylic acid groups (broad SMARTS) is 1. The second-order valence-corrected chi connectivity index (χ2v) is 4.28. The van der Waals surface area contributed by atoms with Crippen LogP contribution >= 0.6 is 0 Å². The highest BCUT2D eigenvalue weighted by atomic mass is 16.4. The average Bonchev–Trinajstić information content (AvgIpc) is 2.34. The number of hydrogen-bond acceptors (Lipinski definition) is 1. The second kappa shape index (κ2) is 12.9. The molecule has 0 fully saturated rings. The summed E-state index contributed by atoms with van der Waals surface area (Å²) in [6, 6.07) is 8.61. The third-order valence-electron chi connectivity index (χ3n) is 2.19.